The van der Waals surface area contributed by atoms with Crippen LogP contribution in [0.4, 0.5) is 0 Å². The molecule has 0 aromatic heterocycles. The van der Waals surface area contributed by atoms with Gasteiger partial charge in [-0.2, -0.15) is 0 Å². The molecule has 4 N–H and O–H groups in total. The quantitative estimate of drug-likeness (QED) is 0.0733. The molecule has 0 amide bonds. The standard InChI is InChI=1S/C37H48O15/c1-8-20(2)18-21(3)14-15-27(40)50-30-29(49-25(7)39)35(51-31(32(41)42)36(47,33(43)44)37(30,52-35)34(45)46)17-16-22(4)28(48-24(6)38)23(5)19-26-12-10-9-11-13-26/h9-15,20-21,23,28-31,47H,4,8,16-19H2,1-3,5-7H3,(H,41,42)(H,43,44)(H,45,46)/b15-14+/t20-,21+,23+,28+,29+,30+,31+,35-,36+,37-/m0/s1. The summed E-state index contributed by atoms with van der Waals surface area (Å²) in [7, 11) is 0. The van der Waals surface area contributed by atoms with E-state index in [1.165, 1.54) is 13.0 Å². The van der Waals surface area contributed by atoms with Crippen molar-refractivity contribution in [3.05, 3.63) is 60.2 Å². The molecule has 286 valence electrons. The van der Waals surface area contributed by atoms with Gasteiger partial charge in [0.05, 0.1) is 0 Å². The molecular formula is C37H48O15. The molecule has 2 aliphatic rings. The molecule has 0 spiro atoms. The third kappa shape index (κ3) is 8.54. The number of aliphatic carboxylic acids is 3. The molecule has 2 bridgehead atoms. The van der Waals surface area contributed by atoms with Crippen molar-refractivity contribution in [3.8, 4) is 0 Å². The number of carboxylic acid groups (broad SMARTS) is 3. The average Bonchev–Trinajstić information content (AvgIpc) is 3.29. The lowest BCUT2D eigenvalue weighted by Gasteiger charge is -2.48. The topological polar surface area (TPSA) is 229 Å². The lowest BCUT2D eigenvalue weighted by atomic mass is 9.74. The van der Waals surface area contributed by atoms with Crippen molar-refractivity contribution in [3.63, 3.8) is 0 Å². The van der Waals surface area contributed by atoms with Crippen LogP contribution in [-0.4, -0.2) is 97.6 Å². The molecule has 2 fully saturated rings. The molecule has 2 saturated heterocycles. The highest BCUT2D eigenvalue weighted by Gasteiger charge is 2.86. The molecule has 0 aliphatic carbocycles. The van der Waals surface area contributed by atoms with Crippen molar-refractivity contribution >= 4 is 35.8 Å². The van der Waals surface area contributed by atoms with Gasteiger partial charge in [-0.3, -0.25) is 9.59 Å². The second-order valence-electron chi connectivity index (χ2n) is 13.7. The van der Waals surface area contributed by atoms with E-state index in [-0.39, 0.29) is 23.8 Å². The third-order valence-electron chi connectivity index (χ3n) is 9.55. The third-order valence-corrected chi connectivity index (χ3v) is 9.55. The molecule has 0 radical (unpaired) electrons. The molecule has 52 heavy (non-hydrogen) atoms. The second-order valence-corrected chi connectivity index (χ2v) is 13.7. The summed E-state index contributed by atoms with van der Waals surface area (Å²) in [5.41, 5.74) is -6.39. The van der Waals surface area contributed by atoms with Gasteiger partial charge in [-0.25, -0.2) is 19.2 Å². The lowest BCUT2D eigenvalue weighted by Crippen LogP contribution is -2.78. The Kier molecular flexibility index (Phi) is 13.5. The first kappa shape index (κ1) is 41.8. The zero-order valence-corrected chi connectivity index (χ0v) is 30.1. The predicted octanol–water partition coefficient (Wildman–Crippen LogP) is 3.45. The van der Waals surface area contributed by atoms with Gasteiger partial charge < -0.3 is 44.1 Å². The second kappa shape index (κ2) is 16.8. The van der Waals surface area contributed by atoms with Crippen LogP contribution in [0.15, 0.2) is 54.6 Å². The van der Waals surface area contributed by atoms with Gasteiger partial charge in [-0.05, 0) is 42.2 Å². The zero-order valence-electron chi connectivity index (χ0n) is 30.1. The molecule has 1 aromatic rings. The van der Waals surface area contributed by atoms with Crippen LogP contribution >= 0.6 is 0 Å². The van der Waals surface area contributed by atoms with Crippen LogP contribution < -0.4 is 0 Å². The van der Waals surface area contributed by atoms with E-state index in [4.69, 9.17) is 23.7 Å². The number of hydrogen-bond donors (Lipinski definition) is 4. The van der Waals surface area contributed by atoms with Gasteiger partial charge in [0.1, 0.15) is 6.10 Å². The van der Waals surface area contributed by atoms with Gasteiger partial charge in [-0.15, -0.1) is 0 Å². The summed E-state index contributed by atoms with van der Waals surface area (Å²) < 4.78 is 28.0. The monoisotopic (exact) mass is 732 g/mol. The minimum atomic E-state index is -3.94. The van der Waals surface area contributed by atoms with Crippen LogP contribution in [0.3, 0.4) is 0 Å². The summed E-state index contributed by atoms with van der Waals surface area (Å²) in [5.74, 6) is -12.6. The summed E-state index contributed by atoms with van der Waals surface area (Å²) in [6.45, 7) is 13.8. The smallest absolute Gasteiger partial charge is 0.344 e. The maximum atomic E-state index is 13.3. The van der Waals surface area contributed by atoms with E-state index in [9.17, 15) is 49.2 Å². The summed E-state index contributed by atoms with van der Waals surface area (Å²) in [4.78, 5) is 76.5. The number of carbonyl (C=O) groups excluding carboxylic acids is 3. The molecule has 1 aromatic carbocycles. The minimum Gasteiger partial charge on any atom is -0.479 e. The van der Waals surface area contributed by atoms with Gasteiger partial charge in [0.25, 0.3) is 5.60 Å². The number of rotatable bonds is 18. The molecular weight excluding hydrogens is 684 g/mol. The first-order valence-corrected chi connectivity index (χ1v) is 17.0. The van der Waals surface area contributed by atoms with Crippen molar-refractivity contribution in [1.82, 2.24) is 0 Å². The maximum Gasteiger partial charge on any atom is 0.344 e. The Balaban J connectivity index is 2.13. The zero-order chi connectivity index (χ0) is 39.2. The van der Waals surface area contributed by atoms with E-state index < -0.39 is 83.6 Å². The first-order valence-electron chi connectivity index (χ1n) is 17.0. The Hall–Kier alpha value is -4.60. The average molecular weight is 733 g/mol. The van der Waals surface area contributed by atoms with Gasteiger partial charge in [-0.1, -0.05) is 77.1 Å². The normalized spacial score (nSPS) is 28.9. The van der Waals surface area contributed by atoms with Crippen molar-refractivity contribution in [2.45, 2.75) is 115 Å². The number of allylic oxidation sites excluding steroid dienone is 1. The van der Waals surface area contributed by atoms with E-state index >= 15 is 0 Å². The summed E-state index contributed by atoms with van der Waals surface area (Å²) in [6, 6.07) is 9.26. The van der Waals surface area contributed by atoms with Crippen molar-refractivity contribution in [2.75, 3.05) is 0 Å². The van der Waals surface area contributed by atoms with Gasteiger partial charge >= 0.3 is 35.8 Å². The molecule has 15 heteroatoms. The highest BCUT2D eigenvalue weighted by molar-refractivity contribution is 5.98. The summed E-state index contributed by atoms with van der Waals surface area (Å²) >= 11 is 0. The Bertz CT molecular complexity index is 1550. The molecule has 0 saturated carbocycles. The maximum absolute atomic E-state index is 13.3. The van der Waals surface area contributed by atoms with E-state index in [0.717, 1.165) is 25.0 Å². The molecule has 10 atom stereocenters. The predicted molar refractivity (Wildman–Crippen MR) is 180 cm³/mol. The number of aliphatic hydroxyl groups is 1. The van der Waals surface area contributed by atoms with Crippen LogP contribution in [0.1, 0.15) is 72.8 Å². The van der Waals surface area contributed by atoms with Gasteiger partial charge in [0.2, 0.25) is 17.5 Å². The van der Waals surface area contributed by atoms with Gasteiger partial charge in [0.15, 0.2) is 12.2 Å². The van der Waals surface area contributed by atoms with E-state index in [1.807, 2.05) is 51.1 Å². The molecule has 2 aliphatic heterocycles. The number of fused-ring (bicyclic) bond motifs is 2. The first-order chi connectivity index (χ1) is 24.2. The fourth-order valence-electron chi connectivity index (χ4n) is 6.89. The van der Waals surface area contributed by atoms with Crippen LogP contribution in [0.2, 0.25) is 0 Å². The Morgan fingerprint density at radius 3 is 2.10 bits per heavy atom. The van der Waals surface area contributed by atoms with Crippen LogP contribution in [0.25, 0.3) is 0 Å². The number of carboxylic acids is 3. The summed E-state index contributed by atoms with van der Waals surface area (Å²) in [5, 5.41) is 42.7. The van der Waals surface area contributed by atoms with Crippen LogP contribution in [-0.2, 0) is 58.9 Å². The molecule has 0 unspecified atom stereocenters. The number of hydrogen-bond acceptors (Lipinski definition) is 12. The largest absolute Gasteiger partial charge is 0.479 e. The fraction of sp³-hybridized carbons (Fsp3) is 0.568. The van der Waals surface area contributed by atoms with E-state index in [0.29, 0.717) is 18.8 Å². The molecule has 2 heterocycles. The lowest BCUT2D eigenvalue weighted by molar-refractivity contribution is -0.374. The van der Waals surface area contributed by atoms with Gasteiger partial charge in [0, 0.05) is 32.3 Å². The minimum absolute atomic E-state index is 0.151. The van der Waals surface area contributed by atoms with Crippen LogP contribution in [0.5, 0.6) is 0 Å². The Morgan fingerprint density at radius 2 is 1.58 bits per heavy atom. The fourth-order valence-corrected chi connectivity index (χ4v) is 6.89. The summed E-state index contributed by atoms with van der Waals surface area (Å²) in [6.07, 6.45) is -4.82. The van der Waals surface area contributed by atoms with E-state index in [2.05, 4.69) is 6.58 Å². The Labute approximate surface area is 301 Å². The van der Waals surface area contributed by atoms with Crippen LogP contribution in [0, 0.1) is 17.8 Å². The van der Waals surface area contributed by atoms with Crippen molar-refractivity contribution < 1.29 is 72.9 Å². The SMILES string of the molecule is C=C(CC[C@]12O[C@H](C(=O)O)[C@@](O)(C(=O)O)[C@](C(=O)O)(O1)[C@H](OC(=O)/C=C/[C@@H](C)C[C@@H](C)CC)[C@H]2OC(C)=O)[C@@H](OC(C)=O)[C@H](C)Cc1ccccc1. The number of benzene rings is 1. The highest BCUT2D eigenvalue weighted by Crippen LogP contribution is 2.57. The number of carbonyl (C=O) groups is 6. The molecule has 15 nitrogen and oxygen atoms in total. The Morgan fingerprint density at radius 1 is 0.942 bits per heavy atom. The van der Waals surface area contributed by atoms with Crippen molar-refractivity contribution in [2.24, 2.45) is 17.8 Å². The highest BCUT2D eigenvalue weighted by atomic mass is 16.8. The van der Waals surface area contributed by atoms with E-state index in [1.54, 1.807) is 6.92 Å². The molecule has 3 rings (SSSR count). The van der Waals surface area contributed by atoms with Crippen molar-refractivity contribution in [1.29, 1.82) is 0 Å². The number of esters is 3. The number of ether oxygens (including phenoxy) is 5.